The van der Waals surface area contributed by atoms with Gasteiger partial charge < -0.3 is 19.7 Å². The molecule has 0 aromatic heterocycles. The molecule has 2 amide bonds. The van der Waals surface area contributed by atoms with Crippen molar-refractivity contribution >= 4 is 63.8 Å². The molecule has 40 heavy (non-hydrogen) atoms. The van der Waals surface area contributed by atoms with Gasteiger partial charge in [0.15, 0.2) is 0 Å². The zero-order valence-electron chi connectivity index (χ0n) is 22.8. The molecule has 212 valence electrons. The third kappa shape index (κ3) is 9.29. The number of nitrogens with one attached hydrogen (secondary N) is 1. The van der Waals surface area contributed by atoms with Gasteiger partial charge in [0.05, 0.1) is 23.1 Å². The van der Waals surface area contributed by atoms with Gasteiger partial charge in [-0.25, -0.2) is 9.59 Å². The van der Waals surface area contributed by atoms with Crippen LogP contribution in [0.3, 0.4) is 0 Å². The van der Waals surface area contributed by atoms with Crippen LogP contribution in [0, 0.1) is 0 Å². The number of anilines is 1. The first kappa shape index (κ1) is 31.0. The molecule has 0 radical (unpaired) electrons. The monoisotopic (exact) mass is 583 g/mol. The van der Waals surface area contributed by atoms with Crippen molar-refractivity contribution in [3.63, 3.8) is 0 Å². The number of unbranched alkanes of at least 4 members (excludes halogenated alkanes) is 2. The van der Waals surface area contributed by atoms with Gasteiger partial charge in [-0.2, -0.15) is 0 Å². The topological polar surface area (TPSA) is 105 Å². The van der Waals surface area contributed by atoms with E-state index in [1.165, 1.54) is 18.9 Å². The lowest BCUT2D eigenvalue weighted by atomic mass is 10.1. The highest BCUT2D eigenvalue weighted by atomic mass is 32.2. The van der Waals surface area contributed by atoms with Crippen molar-refractivity contribution in [3.05, 3.63) is 70.1 Å². The third-order valence-corrected chi connectivity index (χ3v) is 7.34. The van der Waals surface area contributed by atoms with Crippen molar-refractivity contribution in [2.45, 2.75) is 25.7 Å². The summed E-state index contributed by atoms with van der Waals surface area (Å²) >= 11 is 6.65. The molecular weight excluding hydrogens is 550 g/mol. The number of carbonyl (C=O) groups is 4. The predicted molar refractivity (Wildman–Crippen MR) is 160 cm³/mol. The Morgan fingerprint density at radius 3 is 2.27 bits per heavy atom. The molecule has 2 aromatic carbocycles. The Morgan fingerprint density at radius 2 is 1.62 bits per heavy atom. The molecule has 0 aliphatic carbocycles. The summed E-state index contributed by atoms with van der Waals surface area (Å²) in [6, 6.07) is 13.4. The maximum Gasteiger partial charge on any atom is 0.338 e. The fourth-order valence-corrected chi connectivity index (χ4v) is 5.04. The molecule has 1 saturated heterocycles. The number of hydrogen-bond donors (Lipinski definition) is 1. The van der Waals surface area contributed by atoms with Crippen LogP contribution in [-0.2, 0) is 19.1 Å². The Hall–Kier alpha value is -3.54. The van der Waals surface area contributed by atoms with Crippen molar-refractivity contribution in [3.8, 4) is 0 Å². The largest absolute Gasteiger partial charge is 0.465 e. The normalized spacial score (nSPS) is 14.1. The number of nitrogens with zero attached hydrogens (tertiary/aromatic N) is 2. The molecule has 1 heterocycles. The lowest BCUT2D eigenvalue weighted by Gasteiger charge is -2.14. The van der Waals surface area contributed by atoms with E-state index in [2.05, 4.69) is 5.32 Å². The molecular formula is C29H33N3O6S2. The lowest BCUT2D eigenvalue weighted by Crippen LogP contribution is -2.29. The maximum atomic E-state index is 12.8. The fraction of sp³-hybridized carbons (Fsp3) is 0.345. The summed E-state index contributed by atoms with van der Waals surface area (Å²) in [4.78, 5) is 52.9. The molecule has 0 saturated carbocycles. The minimum Gasteiger partial charge on any atom is -0.465 e. The van der Waals surface area contributed by atoms with E-state index in [0.717, 1.165) is 12.0 Å². The van der Waals surface area contributed by atoms with Crippen LogP contribution in [-0.4, -0.2) is 78.8 Å². The third-order valence-electron chi connectivity index (χ3n) is 5.96. The van der Waals surface area contributed by atoms with Crippen molar-refractivity contribution in [2.75, 3.05) is 46.2 Å². The molecule has 3 rings (SSSR count). The number of hydrogen-bond acceptors (Lipinski definition) is 9. The Kier molecular flexibility index (Phi) is 11.9. The van der Waals surface area contributed by atoms with Crippen molar-refractivity contribution in [1.82, 2.24) is 9.80 Å². The van der Waals surface area contributed by atoms with Gasteiger partial charge in [0.25, 0.3) is 5.91 Å². The van der Waals surface area contributed by atoms with Crippen LogP contribution in [0.5, 0.6) is 0 Å². The second kappa shape index (κ2) is 15.3. The number of thioether (sulfide) groups is 1. The van der Waals surface area contributed by atoms with Gasteiger partial charge in [-0.05, 0) is 75.0 Å². The van der Waals surface area contributed by atoms with Crippen LogP contribution in [0.15, 0.2) is 53.4 Å². The number of benzene rings is 2. The summed E-state index contributed by atoms with van der Waals surface area (Å²) in [5.74, 6) is -1.08. The highest BCUT2D eigenvalue weighted by molar-refractivity contribution is 8.26. The molecule has 1 fully saturated rings. The summed E-state index contributed by atoms with van der Waals surface area (Å²) in [5, 5.41) is 2.83. The highest BCUT2D eigenvalue weighted by Gasteiger charge is 2.31. The van der Waals surface area contributed by atoms with Gasteiger partial charge in [0, 0.05) is 25.2 Å². The van der Waals surface area contributed by atoms with E-state index >= 15 is 0 Å². The quantitative estimate of drug-likeness (QED) is 0.157. The van der Waals surface area contributed by atoms with E-state index in [9.17, 15) is 19.2 Å². The molecule has 1 N–H and O–H groups in total. The molecule has 0 unspecified atom stereocenters. The van der Waals surface area contributed by atoms with E-state index in [1.54, 1.807) is 59.5 Å². The number of ether oxygens (including phenoxy) is 2. The van der Waals surface area contributed by atoms with Crippen molar-refractivity contribution in [2.24, 2.45) is 0 Å². The second-order valence-corrected chi connectivity index (χ2v) is 11.0. The first-order valence-corrected chi connectivity index (χ1v) is 14.1. The van der Waals surface area contributed by atoms with Crippen molar-refractivity contribution in [1.29, 1.82) is 0 Å². The number of carbonyl (C=O) groups excluding carboxylic acids is 4. The van der Waals surface area contributed by atoms with Gasteiger partial charge in [-0.3, -0.25) is 14.5 Å². The molecule has 11 heteroatoms. The second-order valence-electron chi connectivity index (χ2n) is 9.32. The summed E-state index contributed by atoms with van der Waals surface area (Å²) in [7, 11) is 5.13. The van der Waals surface area contributed by atoms with Crippen molar-refractivity contribution < 1.29 is 28.7 Å². The van der Waals surface area contributed by atoms with Gasteiger partial charge in [0.2, 0.25) is 5.91 Å². The Balaban J connectivity index is 1.37. The average molecular weight is 584 g/mol. The zero-order chi connectivity index (χ0) is 29.1. The molecule has 0 spiro atoms. The van der Waals surface area contributed by atoms with Crippen LogP contribution in [0.2, 0.25) is 0 Å². The SMILES string of the molecule is COC(=O)c1ccc(C=C2SC(=S)N(CCCCCC(=O)Nc3ccc(C(=O)OCCN(C)C)cc3)C2=O)cc1. The smallest absolute Gasteiger partial charge is 0.338 e. The number of likely N-dealkylation sites (N-methyl/N-ethyl adjacent to an activating group) is 1. The van der Waals surface area contributed by atoms with Crippen LogP contribution in [0.25, 0.3) is 6.08 Å². The number of thiocarbonyl (C=S) groups is 1. The zero-order valence-corrected chi connectivity index (χ0v) is 24.4. The number of methoxy groups -OCH3 is 1. The Morgan fingerprint density at radius 1 is 0.975 bits per heavy atom. The highest BCUT2D eigenvalue weighted by Crippen LogP contribution is 2.32. The Bertz CT molecular complexity index is 1260. The number of esters is 2. The molecule has 0 bridgehead atoms. The number of amides is 2. The van der Waals surface area contributed by atoms with Crippen LogP contribution < -0.4 is 5.32 Å². The molecule has 1 aliphatic rings. The molecule has 2 aromatic rings. The molecule has 9 nitrogen and oxygen atoms in total. The Labute approximate surface area is 243 Å². The van der Waals surface area contributed by atoms with Crippen LogP contribution in [0.4, 0.5) is 5.69 Å². The molecule has 0 atom stereocenters. The van der Waals surface area contributed by atoms with Crippen LogP contribution >= 0.6 is 24.0 Å². The van der Waals surface area contributed by atoms with Gasteiger partial charge in [0.1, 0.15) is 10.9 Å². The van der Waals surface area contributed by atoms with E-state index in [0.29, 0.717) is 65.0 Å². The van der Waals surface area contributed by atoms with Gasteiger partial charge >= 0.3 is 11.9 Å². The van der Waals surface area contributed by atoms with E-state index in [1.807, 2.05) is 19.0 Å². The first-order chi connectivity index (χ1) is 19.2. The summed E-state index contributed by atoms with van der Waals surface area (Å²) in [6.45, 7) is 1.44. The van der Waals surface area contributed by atoms with Gasteiger partial charge in [-0.1, -0.05) is 42.5 Å². The van der Waals surface area contributed by atoms with E-state index in [4.69, 9.17) is 21.7 Å². The lowest BCUT2D eigenvalue weighted by molar-refractivity contribution is -0.122. The minimum absolute atomic E-state index is 0.118. The summed E-state index contributed by atoms with van der Waals surface area (Å²) in [5.41, 5.74) is 2.26. The minimum atomic E-state index is -0.417. The fourth-order valence-electron chi connectivity index (χ4n) is 3.73. The first-order valence-electron chi connectivity index (χ1n) is 12.8. The standard InChI is InChI=1S/C29H33N3O6S2/c1-31(2)17-18-38-28(36)22-12-14-23(15-13-22)30-25(33)7-5-4-6-16-32-26(34)24(40-29(32)39)19-20-8-10-21(11-9-20)27(35)37-3/h8-15,19H,4-7,16-18H2,1-3H3,(H,30,33). The number of rotatable bonds is 13. The van der Waals surface area contributed by atoms with E-state index < -0.39 is 11.9 Å². The maximum absolute atomic E-state index is 12.8. The molecule has 1 aliphatic heterocycles. The predicted octanol–water partition coefficient (Wildman–Crippen LogP) is 4.59. The van der Waals surface area contributed by atoms with Crippen LogP contribution in [0.1, 0.15) is 52.0 Å². The average Bonchev–Trinajstić information content (AvgIpc) is 3.20. The van der Waals surface area contributed by atoms with E-state index in [-0.39, 0.29) is 11.8 Å². The van der Waals surface area contributed by atoms with Gasteiger partial charge in [-0.15, -0.1) is 0 Å². The summed E-state index contributed by atoms with van der Waals surface area (Å²) in [6.07, 6.45) is 4.24. The summed E-state index contributed by atoms with van der Waals surface area (Å²) < 4.78 is 10.4.